The van der Waals surface area contributed by atoms with Crippen molar-refractivity contribution in [1.82, 2.24) is 9.97 Å². The number of thiazole rings is 1. The van der Waals surface area contributed by atoms with Crippen LogP contribution in [0.3, 0.4) is 0 Å². The van der Waals surface area contributed by atoms with E-state index in [4.69, 9.17) is 10.5 Å². The molecular weight excluding hydrogens is 334 g/mol. The lowest BCUT2D eigenvalue weighted by Gasteiger charge is -2.08. The summed E-state index contributed by atoms with van der Waals surface area (Å²) in [5, 5.41) is 18.6. The van der Waals surface area contributed by atoms with Crippen molar-refractivity contribution in [3.8, 4) is 12.1 Å². The van der Waals surface area contributed by atoms with Crippen LogP contribution >= 0.6 is 11.3 Å². The number of nitrogens with one attached hydrogen (secondary N) is 2. The van der Waals surface area contributed by atoms with Crippen LogP contribution in [-0.4, -0.2) is 18.4 Å². The molecule has 0 saturated heterocycles. The minimum Gasteiger partial charge on any atom is -0.358 e. The van der Waals surface area contributed by atoms with Crippen molar-refractivity contribution in [2.75, 3.05) is 4.72 Å². The van der Waals surface area contributed by atoms with Gasteiger partial charge in [0.05, 0.1) is 23.0 Å². The fourth-order valence-corrected chi connectivity index (χ4v) is 4.22. The second kappa shape index (κ2) is 5.39. The average molecular weight is 343 g/mol. The van der Waals surface area contributed by atoms with Crippen LogP contribution in [0.2, 0.25) is 0 Å². The third kappa shape index (κ3) is 2.52. The number of nitriles is 2. The van der Waals surface area contributed by atoms with Gasteiger partial charge in [0.1, 0.15) is 12.1 Å². The maximum absolute atomic E-state index is 12.4. The quantitative estimate of drug-likeness (QED) is 0.756. The highest BCUT2D eigenvalue weighted by atomic mass is 32.2. The number of aryl methyl sites for hydroxylation is 1. The Hall–Kier alpha value is -2.88. The monoisotopic (exact) mass is 343 g/mol. The van der Waals surface area contributed by atoms with Gasteiger partial charge in [0.2, 0.25) is 0 Å². The number of aromatic amines is 1. The largest absolute Gasteiger partial charge is 0.358 e. The van der Waals surface area contributed by atoms with E-state index in [-0.39, 0.29) is 9.22 Å². The molecule has 2 N–H and O–H groups in total. The van der Waals surface area contributed by atoms with E-state index in [1.807, 2.05) is 6.92 Å². The van der Waals surface area contributed by atoms with Crippen molar-refractivity contribution < 1.29 is 8.42 Å². The summed E-state index contributed by atoms with van der Waals surface area (Å²) >= 11 is 0.792. The molecule has 0 radical (unpaired) electrons. The topological polar surface area (TPSA) is 122 Å². The Morgan fingerprint density at radius 2 is 2.09 bits per heavy atom. The van der Waals surface area contributed by atoms with Crippen molar-refractivity contribution in [3.63, 3.8) is 0 Å². The molecule has 2 aromatic heterocycles. The molecule has 114 valence electrons. The Bertz CT molecular complexity index is 1100. The summed E-state index contributed by atoms with van der Waals surface area (Å²) in [5.41, 5.74) is 2.18. The number of hydrogen-bond donors (Lipinski definition) is 2. The van der Waals surface area contributed by atoms with Crippen LogP contribution in [-0.2, 0) is 10.0 Å². The molecule has 0 aliphatic heterocycles. The van der Waals surface area contributed by atoms with Crippen LogP contribution in [0, 0.1) is 29.6 Å². The molecule has 9 heteroatoms. The molecule has 0 atom stereocenters. The van der Waals surface area contributed by atoms with E-state index in [2.05, 4.69) is 20.8 Å². The third-order valence-electron chi connectivity index (χ3n) is 3.25. The normalized spacial score (nSPS) is 11.1. The average Bonchev–Trinajstić information content (AvgIpc) is 3.16. The first kappa shape index (κ1) is 15.0. The molecule has 23 heavy (non-hydrogen) atoms. The van der Waals surface area contributed by atoms with Crippen LogP contribution in [0.5, 0.6) is 0 Å². The number of aromatic nitrogens is 2. The summed E-state index contributed by atoms with van der Waals surface area (Å²) in [6.45, 7) is 1.84. The molecular formula is C14H9N5O2S2. The zero-order valence-corrected chi connectivity index (χ0v) is 13.4. The number of fused-ring (bicyclic) bond motifs is 1. The van der Waals surface area contributed by atoms with Crippen molar-refractivity contribution in [1.29, 1.82) is 10.5 Å². The molecule has 2 heterocycles. The first-order valence-electron chi connectivity index (χ1n) is 6.36. The van der Waals surface area contributed by atoms with E-state index < -0.39 is 10.0 Å². The summed E-state index contributed by atoms with van der Waals surface area (Å²) < 4.78 is 27.2. The van der Waals surface area contributed by atoms with E-state index in [1.165, 1.54) is 6.20 Å². The van der Waals surface area contributed by atoms with Gasteiger partial charge in [0.15, 0.2) is 9.22 Å². The van der Waals surface area contributed by atoms with Crippen LogP contribution in [0.15, 0.2) is 28.7 Å². The summed E-state index contributed by atoms with van der Waals surface area (Å²) in [6.07, 6.45) is 2.68. The fourth-order valence-electron chi connectivity index (χ4n) is 2.22. The summed E-state index contributed by atoms with van der Waals surface area (Å²) in [5.74, 6) is 0. The highest BCUT2D eigenvalue weighted by Gasteiger charge is 2.20. The van der Waals surface area contributed by atoms with Crippen LogP contribution in [0.4, 0.5) is 5.69 Å². The number of benzene rings is 1. The first-order chi connectivity index (χ1) is 11.0. The first-order valence-corrected chi connectivity index (χ1v) is 8.66. The second-order valence-corrected chi connectivity index (χ2v) is 7.64. The standard InChI is InChI=1S/C14H9N5O2S2/c1-8-2-3-10(14-13(8)9(4-15)6-18-14)19-23(20,21)12-7-17-11(5-16)22-12/h2-3,6-7,18-19H,1H3. The van der Waals surface area contributed by atoms with Crippen molar-refractivity contribution >= 4 is 38.0 Å². The lowest BCUT2D eigenvalue weighted by molar-refractivity contribution is 0.603. The number of hydrogen-bond acceptors (Lipinski definition) is 6. The maximum Gasteiger partial charge on any atom is 0.273 e. The maximum atomic E-state index is 12.4. The fraction of sp³-hybridized carbons (Fsp3) is 0.0714. The smallest absolute Gasteiger partial charge is 0.273 e. The Morgan fingerprint density at radius 3 is 2.74 bits per heavy atom. The predicted molar refractivity (Wildman–Crippen MR) is 85.4 cm³/mol. The molecule has 7 nitrogen and oxygen atoms in total. The van der Waals surface area contributed by atoms with Gasteiger partial charge < -0.3 is 4.98 Å². The number of anilines is 1. The Morgan fingerprint density at radius 1 is 1.30 bits per heavy atom. The number of nitrogens with zero attached hydrogens (tertiary/aromatic N) is 3. The van der Waals surface area contributed by atoms with Gasteiger partial charge in [-0.25, -0.2) is 13.4 Å². The summed E-state index contributed by atoms with van der Waals surface area (Å²) in [7, 11) is -3.85. The molecule has 0 saturated carbocycles. The molecule has 0 amide bonds. The Kier molecular flexibility index (Phi) is 3.52. The molecule has 0 fully saturated rings. The highest BCUT2D eigenvalue weighted by Crippen LogP contribution is 2.30. The van der Waals surface area contributed by atoms with Gasteiger partial charge >= 0.3 is 0 Å². The van der Waals surface area contributed by atoms with Gasteiger partial charge in [-0.1, -0.05) is 17.4 Å². The Labute approximate surface area is 135 Å². The van der Waals surface area contributed by atoms with Gasteiger partial charge in [-0.2, -0.15) is 10.5 Å². The molecule has 3 rings (SSSR count). The van der Waals surface area contributed by atoms with Crippen molar-refractivity contribution in [3.05, 3.63) is 40.7 Å². The highest BCUT2D eigenvalue weighted by molar-refractivity contribution is 7.94. The van der Waals surface area contributed by atoms with E-state index in [0.29, 0.717) is 22.2 Å². The molecule has 0 aliphatic rings. The molecule has 0 spiro atoms. The Balaban J connectivity index is 2.09. The minimum atomic E-state index is -3.85. The lowest BCUT2D eigenvalue weighted by Crippen LogP contribution is -2.11. The van der Waals surface area contributed by atoms with Gasteiger partial charge in [-0.3, -0.25) is 4.72 Å². The molecule has 0 bridgehead atoms. The van der Waals surface area contributed by atoms with E-state index in [9.17, 15) is 8.42 Å². The zero-order chi connectivity index (χ0) is 16.6. The summed E-state index contributed by atoms with van der Waals surface area (Å²) in [4.78, 5) is 6.65. The van der Waals surface area contributed by atoms with Crippen molar-refractivity contribution in [2.45, 2.75) is 11.1 Å². The van der Waals surface area contributed by atoms with E-state index in [0.717, 1.165) is 23.1 Å². The van der Waals surface area contributed by atoms with Crippen LogP contribution < -0.4 is 4.72 Å². The van der Waals surface area contributed by atoms with Crippen molar-refractivity contribution in [2.24, 2.45) is 0 Å². The van der Waals surface area contributed by atoms with Gasteiger partial charge in [-0.05, 0) is 18.6 Å². The van der Waals surface area contributed by atoms with Crippen LogP contribution in [0.1, 0.15) is 16.1 Å². The number of H-pyrrole nitrogens is 1. The molecule has 0 unspecified atom stereocenters. The number of sulfonamides is 1. The minimum absolute atomic E-state index is 0.0464. The predicted octanol–water partition coefficient (Wildman–Crippen LogP) is 2.48. The zero-order valence-electron chi connectivity index (χ0n) is 11.8. The number of rotatable bonds is 3. The molecule has 3 aromatic rings. The molecule has 0 aliphatic carbocycles. The van der Waals surface area contributed by atoms with Gasteiger partial charge in [0.25, 0.3) is 10.0 Å². The lowest BCUT2D eigenvalue weighted by atomic mass is 10.1. The van der Waals surface area contributed by atoms with Gasteiger partial charge in [0, 0.05) is 11.6 Å². The third-order valence-corrected chi connectivity index (χ3v) is 5.98. The van der Waals surface area contributed by atoms with Crippen LogP contribution in [0.25, 0.3) is 10.9 Å². The van der Waals surface area contributed by atoms with E-state index >= 15 is 0 Å². The molecule has 1 aromatic carbocycles. The summed E-state index contributed by atoms with van der Waals surface area (Å²) in [6, 6.07) is 7.24. The van der Waals surface area contributed by atoms with Gasteiger partial charge in [-0.15, -0.1) is 0 Å². The van der Waals surface area contributed by atoms with E-state index in [1.54, 1.807) is 18.2 Å². The second-order valence-electron chi connectivity index (χ2n) is 4.70. The SMILES string of the molecule is Cc1ccc(NS(=O)(=O)c2cnc(C#N)s2)c2[nH]cc(C#N)c12.